The summed E-state index contributed by atoms with van der Waals surface area (Å²) < 4.78 is 30.6. The Hall–Kier alpha value is -1.06. The quantitative estimate of drug-likeness (QED) is 0.282. The second-order valence-electron chi connectivity index (χ2n) is 7.88. The zero-order valence-electron chi connectivity index (χ0n) is 19.2. The van der Waals surface area contributed by atoms with E-state index in [2.05, 4.69) is 32.1 Å². The van der Waals surface area contributed by atoms with Gasteiger partial charge in [0.05, 0.1) is 26.2 Å². The van der Waals surface area contributed by atoms with Crippen LogP contribution in [0.1, 0.15) is 79.1 Å². The molecule has 1 aromatic carbocycles. The van der Waals surface area contributed by atoms with Crippen LogP contribution >= 0.6 is 0 Å². The summed E-state index contributed by atoms with van der Waals surface area (Å²) in [4.78, 5) is 25.3. The third-order valence-electron chi connectivity index (χ3n) is 5.11. The van der Waals surface area contributed by atoms with Gasteiger partial charge >= 0.3 is 9.05 Å². The lowest BCUT2D eigenvalue weighted by molar-refractivity contribution is -0.929. The lowest BCUT2D eigenvalue weighted by Crippen LogP contribution is -2.50. The lowest BCUT2D eigenvalue weighted by Gasteiger charge is -2.39. The van der Waals surface area contributed by atoms with Crippen LogP contribution in [0.2, 0.25) is 0 Å². The van der Waals surface area contributed by atoms with Gasteiger partial charge in [0.25, 0.3) is 0 Å². The highest BCUT2D eigenvalue weighted by atomic mass is 28.4. The number of quaternary nitrogens is 1. The first kappa shape index (κ1) is 28.9. The van der Waals surface area contributed by atoms with Crippen molar-refractivity contribution in [2.45, 2.75) is 79.1 Å². The fourth-order valence-electron chi connectivity index (χ4n) is 3.36. The molecule has 1 rings (SSSR count). The molecule has 0 aliphatic rings. The predicted octanol–water partition coefficient (Wildman–Crippen LogP) is 4.76. The second-order valence-corrected chi connectivity index (χ2v) is 9.23. The highest BCUT2D eigenvalue weighted by Gasteiger charge is 2.35. The predicted molar refractivity (Wildman–Crippen MR) is 119 cm³/mol. The van der Waals surface area contributed by atoms with Gasteiger partial charge in [0, 0.05) is 0 Å². The van der Waals surface area contributed by atoms with Crippen molar-refractivity contribution in [1.82, 2.24) is 0 Å². The van der Waals surface area contributed by atoms with Gasteiger partial charge in [-0.3, -0.25) is 0 Å². The molecule has 0 amide bonds. The number of unbranched alkanes of at least 4 members (excludes halogenated alkanes) is 4. The number of hydrogen-bond donors (Lipinski definition) is 3. The zero-order valence-corrected chi connectivity index (χ0v) is 20.2. The molecule has 5 nitrogen and oxygen atoms in total. The van der Waals surface area contributed by atoms with Crippen molar-refractivity contribution >= 4 is 9.05 Å². The van der Waals surface area contributed by atoms with E-state index in [4.69, 9.17) is 14.4 Å². The second kappa shape index (κ2) is 15.7. The fraction of sp³-hybridized carbons (Fsp3) is 0.727. The molecule has 3 N–H and O–H groups in total. The highest BCUT2D eigenvalue weighted by molar-refractivity contribution is 6.49. The first-order chi connectivity index (χ1) is 14.1. The number of halogens is 2. The van der Waals surface area contributed by atoms with Gasteiger partial charge < -0.3 is 23.3 Å². The average Bonchev–Trinajstić information content (AvgIpc) is 2.70. The lowest BCUT2D eigenvalue weighted by atomic mass is 10.1. The van der Waals surface area contributed by atoms with Gasteiger partial charge in [-0.25, -0.2) is 4.39 Å². The summed E-state index contributed by atoms with van der Waals surface area (Å²) in [6, 6.07) is 2.90. The molecule has 30 heavy (non-hydrogen) atoms. The smallest absolute Gasteiger partial charge is 0.477 e. The number of benzene rings is 1. The topological polar surface area (TPSA) is 69.9 Å². The van der Waals surface area contributed by atoms with Gasteiger partial charge in [-0.1, -0.05) is 59.4 Å². The van der Waals surface area contributed by atoms with Crippen molar-refractivity contribution < 1.29 is 32.1 Å². The van der Waals surface area contributed by atoms with Gasteiger partial charge in [0.2, 0.25) is 0 Å². The highest BCUT2D eigenvalue weighted by Crippen LogP contribution is 2.20. The molecule has 0 heterocycles. The van der Waals surface area contributed by atoms with Crippen molar-refractivity contribution in [3.63, 3.8) is 0 Å². The molecule has 0 atom stereocenters. The Kier molecular flexibility index (Phi) is 15.1. The normalized spacial score (nSPS) is 11.8. The van der Waals surface area contributed by atoms with Crippen molar-refractivity contribution in [1.29, 1.82) is 0 Å². The molecule has 0 fully saturated rings. The summed E-state index contributed by atoms with van der Waals surface area (Å²) in [7, 11) is -4.86. The largest absolute Gasteiger partial charge is 0.741 e. The van der Waals surface area contributed by atoms with Gasteiger partial charge in [0.15, 0.2) is 11.6 Å². The molecule has 0 aromatic heterocycles. The molecule has 0 aliphatic carbocycles. The Bertz CT molecular complexity index is 533. The Labute approximate surface area is 182 Å². The summed E-state index contributed by atoms with van der Waals surface area (Å²) in [5, 5.41) is 0. The van der Waals surface area contributed by atoms with Crippen LogP contribution in [0, 0.1) is 11.6 Å². The van der Waals surface area contributed by atoms with Crippen molar-refractivity contribution in [3.05, 3.63) is 29.8 Å². The van der Waals surface area contributed by atoms with Crippen LogP contribution < -0.4 is 4.43 Å². The van der Waals surface area contributed by atoms with E-state index < -0.39 is 26.4 Å². The zero-order chi connectivity index (χ0) is 23.0. The van der Waals surface area contributed by atoms with Crippen LogP contribution in [-0.4, -0.2) is 54.1 Å². The molecule has 0 saturated carbocycles. The molecule has 0 aliphatic heterocycles. The maximum absolute atomic E-state index is 12.7. The van der Waals surface area contributed by atoms with E-state index in [0.717, 1.165) is 18.2 Å². The minimum Gasteiger partial charge on any atom is -0.477 e. The van der Waals surface area contributed by atoms with E-state index in [-0.39, 0.29) is 0 Å². The van der Waals surface area contributed by atoms with E-state index in [1.54, 1.807) is 0 Å². The Morgan fingerprint density at radius 1 is 0.767 bits per heavy atom. The maximum Gasteiger partial charge on any atom is 0.741 e. The van der Waals surface area contributed by atoms with E-state index in [0.29, 0.717) is 0 Å². The van der Waals surface area contributed by atoms with Crippen LogP contribution in [0.4, 0.5) is 8.78 Å². The summed E-state index contributed by atoms with van der Waals surface area (Å²) >= 11 is 0. The van der Waals surface area contributed by atoms with Crippen LogP contribution in [-0.2, 0) is 0 Å². The monoisotopic (exact) mass is 450 g/mol. The standard InChI is InChI=1S/C16H36N.C6H6F2O4Si/c1-5-9-13-17(14-10-6-2,15-11-7-3)16-12-8-4;7-4-2-1-3-5(6(4)8)12-13(9,10)11/h5-16H2,1-4H3;1-3,9-11H/q+1;. The van der Waals surface area contributed by atoms with Crippen molar-refractivity contribution in [3.8, 4) is 5.75 Å². The van der Waals surface area contributed by atoms with Crippen LogP contribution in [0.25, 0.3) is 0 Å². The molecule has 0 spiro atoms. The van der Waals surface area contributed by atoms with Gasteiger partial charge in [0.1, 0.15) is 5.75 Å². The third kappa shape index (κ3) is 12.6. The first-order valence-corrected chi connectivity index (χ1v) is 13.0. The fourth-order valence-corrected chi connectivity index (χ4v) is 3.81. The molecular weight excluding hydrogens is 408 g/mol. The number of rotatable bonds is 14. The SMILES string of the molecule is CCCC[N+](CCCC)(CCCC)CCCC.O[Si](O)(O)Oc1cccc(F)c1F. The van der Waals surface area contributed by atoms with Crippen molar-refractivity contribution in [2.75, 3.05) is 26.2 Å². The van der Waals surface area contributed by atoms with E-state index in [1.165, 1.54) is 82.0 Å². The summed E-state index contributed by atoms with van der Waals surface area (Å²) in [6.07, 6.45) is 11.1. The molecule has 0 saturated heterocycles. The molecule has 0 bridgehead atoms. The summed E-state index contributed by atoms with van der Waals surface area (Å²) in [5.74, 6) is -3.31. The molecule has 1 aromatic rings. The Morgan fingerprint density at radius 2 is 1.17 bits per heavy atom. The van der Waals surface area contributed by atoms with E-state index in [1.807, 2.05) is 0 Å². The average molecular weight is 451 g/mol. The van der Waals surface area contributed by atoms with Gasteiger partial charge in [-0.05, 0) is 37.8 Å². The third-order valence-corrected chi connectivity index (χ3v) is 5.60. The van der Waals surface area contributed by atoms with Crippen LogP contribution in [0.15, 0.2) is 18.2 Å². The van der Waals surface area contributed by atoms with Gasteiger partial charge in [-0.2, -0.15) is 4.39 Å². The summed E-state index contributed by atoms with van der Waals surface area (Å²) in [5.41, 5.74) is 0. The molecular formula is C22H42F2NO4Si+. The molecule has 0 radical (unpaired) electrons. The molecule has 176 valence electrons. The Balaban J connectivity index is 0.000000579. The maximum atomic E-state index is 12.7. The summed E-state index contributed by atoms with van der Waals surface area (Å²) in [6.45, 7) is 15.0. The van der Waals surface area contributed by atoms with Crippen molar-refractivity contribution in [2.24, 2.45) is 0 Å². The minimum absolute atomic E-state index is 0.737. The molecule has 8 heteroatoms. The van der Waals surface area contributed by atoms with E-state index in [9.17, 15) is 8.78 Å². The minimum atomic E-state index is -4.86. The first-order valence-electron chi connectivity index (χ1n) is 11.3. The number of hydrogen-bond acceptors (Lipinski definition) is 4. The van der Waals surface area contributed by atoms with Crippen LogP contribution in [0.3, 0.4) is 0 Å². The number of nitrogens with zero attached hydrogens (tertiary/aromatic N) is 1. The molecule has 0 unspecified atom stereocenters. The Morgan fingerprint density at radius 3 is 1.50 bits per heavy atom. The van der Waals surface area contributed by atoms with Gasteiger partial charge in [-0.15, -0.1) is 0 Å². The van der Waals surface area contributed by atoms with Crippen LogP contribution in [0.5, 0.6) is 5.75 Å². The van der Waals surface area contributed by atoms with E-state index >= 15 is 0 Å².